The fourth-order valence-corrected chi connectivity index (χ4v) is 1.70. The highest BCUT2D eigenvalue weighted by Crippen LogP contribution is 2.05. The van der Waals surface area contributed by atoms with Gasteiger partial charge in [0.2, 0.25) is 11.7 Å². The zero-order chi connectivity index (χ0) is 13.1. The second-order valence-electron chi connectivity index (χ2n) is 3.84. The predicted octanol–water partition coefficient (Wildman–Crippen LogP) is -0.0543. The molecule has 18 heavy (non-hydrogen) atoms. The standard InChI is InChI=1S/C10H15N7O/c1-3-17-8(4-7(2)13-17)5-16-6-12-10(14-16)9(11)15-18/h4,6,18H,3,5H2,1-2H3,(H2,11,15). The van der Waals surface area contributed by atoms with Crippen LogP contribution in [0.1, 0.15) is 24.1 Å². The lowest BCUT2D eigenvalue weighted by atomic mass is 10.3. The van der Waals surface area contributed by atoms with E-state index < -0.39 is 0 Å². The summed E-state index contributed by atoms with van der Waals surface area (Å²) in [5.41, 5.74) is 7.40. The van der Waals surface area contributed by atoms with Crippen LogP contribution >= 0.6 is 0 Å². The first-order valence-electron chi connectivity index (χ1n) is 5.54. The Balaban J connectivity index is 2.21. The van der Waals surface area contributed by atoms with Crippen LogP contribution in [0.4, 0.5) is 0 Å². The fourth-order valence-electron chi connectivity index (χ4n) is 1.70. The maximum absolute atomic E-state index is 8.53. The smallest absolute Gasteiger partial charge is 0.219 e. The van der Waals surface area contributed by atoms with Crippen molar-refractivity contribution in [1.29, 1.82) is 0 Å². The molecule has 0 saturated carbocycles. The SMILES string of the molecule is CCn1nc(C)cc1Cn1cnc(C(N)=NO)n1. The van der Waals surface area contributed by atoms with Gasteiger partial charge in [0.15, 0.2) is 0 Å². The van der Waals surface area contributed by atoms with E-state index in [1.165, 1.54) is 6.33 Å². The molecule has 0 aliphatic rings. The van der Waals surface area contributed by atoms with E-state index in [-0.39, 0.29) is 11.7 Å². The van der Waals surface area contributed by atoms with Gasteiger partial charge in [-0.25, -0.2) is 9.67 Å². The molecule has 96 valence electrons. The van der Waals surface area contributed by atoms with E-state index in [0.717, 1.165) is 17.9 Å². The maximum Gasteiger partial charge on any atom is 0.219 e. The van der Waals surface area contributed by atoms with Crippen molar-refractivity contribution in [3.05, 3.63) is 29.6 Å². The van der Waals surface area contributed by atoms with E-state index in [9.17, 15) is 0 Å². The molecule has 2 rings (SSSR count). The van der Waals surface area contributed by atoms with Gasteiger partial charge in [-0.15, -0.1) is 5.10 Å². The first kappa shape index (κ1) is 12.1. The van der Waals surface area contributed by atoms with Crippen molar-refractivity contribution in [3.8, 4) is 0 Å². The molecule has 0 spiro atoms. The lowest BCUT2D eigenvalue weighted by Gasteiger charge is -2.03. The highest BCUT2D eigenvalue weighted by molar-refractivity contribution is 5.93. The van der Waals surface area contributed by atoms with E-state index in [0.29, 0.717) is 6.54 Å². The third-order valence-electron chi connectivity index (χ3n) is 2.48. The molecule has 0 aliphatic heterocycles. The third-order valence-corrected chi connectivity index (χ3v) is 2.48. The Bertz CT molecular complexity index is 569. The molecular formula is C10H15N7O. The Hall–Kier alpha value is -2.38. The van der Waals surface area contributed by atoms with Gasteiger partial charge < -0.3 is 10.9 Å². The van der Waals surface area contributed by atoms with Gasteiger partial charge in [0, 0.05) is 6.54 Å². The number of aromatic nitrogens is 5. The van der Waals surface area contributed by atoms with Crippen LogP contribution in [0.5, 0.6) is 0 Å². The lowest BCUT2D eigenvalue weighted by Crippen LogP contribution is -2.16. The van der Waals surface area contributed by atoms with Gasteiger partial charge >= 0.3 is 0 Å². The molecule has 0 aliphatic carbocycles. The molecule has 0 radical (unpaired) electrons. The van der Waals surface area contributed by atoms with Gasteiger partial charge in [-0.05, 0) is 19.9 Å². The van der Waals surface area contributed by atoms with E-state index in [4.69, 9.17) is 10.9 Å². The van der Waals surface area contributed by atoms with E-state index >= 15 is 0 Å². The van der Waals surface area contributed by atoms with Gasteiger partial charge in [0.25, 0.3) is 0 Å². The molecule has 0 unspecified atom stereocenters. The third kappa shape index (κ3) is 2.31. The quantitative estimate of drug-likeness (QED) is 0.342. The summed E-state index contributed by atoms with van der Waals surface area (Å²) in [5, 5.41) is 19.8. The molecule has 2 aromatic heterocycles. The van der Waals surface area contributed by atoms with Gasteiger partial charge in [-0.1, -0.05) is 5.16 Å². The molecule has 0 saturated heterocycles. The molecule has 0 amide bonds. The van der Waals surface area contributed by atoms with Gasteiger partial charge in [-0.3, -0.25) is 4.68 Å². The first-order valence-corrected chi connectivity index (χ1v) is 5.54. The van der Waals surface area contributed by atoms with Crippen LogP contribution in [0.25, 0.3) is 0 Å². The van der Waals surface area contributed by atoms with Crippen LogP contribution in [0.2, 0.25) is 0 Å². The van der Waals surface area contributed by atoms with Crippen molar-refractivity contribution in [1.82, 2.24) is 24.5 Å². The Morgan fingerprint density at radius 3 is 2.94 bits per heavy atom. The lowest BCUT2D eigenvalue weighted by molar-refractivity contribution is 0.318. The van der Waals surface area contributed by atoms with Crippen molar-refractivity contribution >= 4 is 5.84 Å². The Kier molecular flexibility index (Phi) is 3.26. The highest BCUT2D eigenvalue weighted by Gasteiger charge is 2.09. The molecule has 0 atom stereocenters. The number of rotatable bonds is 4. The molecule has 2 heterocycles. The van der Waals surface area contributed by atoms with Crippen LogP contribution in [0.3, 0.4) is 0 Å². The Morgan fingerprint density at radius 1 is 1.50 bits per heavy atom. The van der Waals surface area contributed by atoms with E-state index in [1.54, 1.807) is 4.68 Å². The van der Waals surface area contributed by atoms with E-state index in [1.807, 2.05) is 24.6 Å². The number of oxime groups is 1. The second kappa shape index (κ2) is 4.86. The molecular weight excluding hydrogens is 234 g/mol. The van der Waals surface area contributed by atoms with Crippen LogP contribution in [0, 0.1) is 6.92 Å². The van der Waals surface area contributed by atoms with Crippen molar-refractivity contribution in [2.45, 2.75) is 26.9 Å². The average Bonchev–Trinajstić information content (AvgIpc) is 2.95. The van der Waals surface area contributed by atoms with Gasteiger partial charge in [0.1, 0.15) is 6.33 Å². The number of hydrogen-bond donors (Lipinski definition) is 2. The number of hydrogen-bond acceptors (Lipinski definition) is 5. The van der Waals surface area contributed by atoms with Crippen LogP contribution in [-0.4, -0.2) is 35.6 Å². The van der Waals surface area contributed by atoms with Crippen molar-refractivity contribution in [2.24, 2.45) is 10.9 Å². The van der Waals surface area contributed by atoms with Crippen molar-refractivity contribution < 1.29 is 5.21 Å². The molecule has 3 N–H and O–H groups in total. The van der Waals surface area contributed by atoms with E-state index in [2.05, 4.69) is 20.3 Å². The number of nitrogens with two attached hydrogens (primary N) is 1. The summed E-state index contributed by atoms with van der Waals surface area (Å²) < 4.78 is 3.52. The second-order valence-corrected chi connectivity index (χ2v) is 3.84. The molecule has 2 aromatic rings. The molecule has 0 aromatic carbocycles. The highest BCUT2D eigenvalue weighted by atomic mass is 16.4. The summed E-state index contributed by atoms with van der Waals surface area (Å²) in [6.07, 6.45) is 1.54. The zero-order valence-electron chi connectivity index (χ0n) is 10.3. The topological polar surface area (TPSA) is 107 Å². The summed E-state index contributed by atoms with van der Waals surface area (Å²) in [7, 11) is 0. The fraction of sp³-hybridized carbons (Fsp3) is 0.400. The Morgan fingerprint density at radius 2 is 2.28 bits per heavy atom. The van der Waals surface area contributed by atoms with Crippen molar-refractivity contribution in [2.75, 3.05) is 0 Å². The van der Waals surface area contributed by atoms with Crippen molar-refractivity contribution in [3.63, 3.8) is 0 Å². The van der Waals surface area contributed by atoms with Crippen LogP contribution < -0.4 is 5.73 Å². The van der Waals surface area contributed by atoms with Gasteiger partial charge in [0.05, 0.1) is 17.9 Å². The summed E-state index contributed by atoms with van der Waals surface area (Å²) >= 11 is 0. The van der Waals surface area contributed by atoms with Crippen LogP contribution in [0.15, 0.2) is 17.5 Å². The minimum absolute atomic E-state index is 0.103. The number of amidine groups is 1. The summed E-state index contributed by atoms with van der Waals surface area (Å²) in [6.45, 7) is 5.31. The van der Waals surface area contributed by atoms with Gasteiger partial charge in [-0.2, -0.15) is 5.10 Å². The molecule has 0 bridgehead atoms. The maximum atomic E-state index is 8.53. The molecule has 8 nitrogen and oxygen atoms in total. The minimum atomic E-state index is -0.103. The van der Waals surface area contributed by atoms with Crippen LogP contribution in [-0.2, 0) is 13.1 Å². The Labute approximate surface area is 104 Å². The minimum Gasteiger partial charge on any atom is -0.409 e. The number of nitrogens with zero attached hydrogens (tertiary/aromatic N) is 6. The zero-order valence-corrected chi connectivity index (χ0v) is 10.3. The largest absolute Gasteiger partial charge is 0.409 e. The monoisotopic (exact) mass is 249 g/mol. The number of aryl methyl sites for hydroxylation is 2. The summed E-state index contributed by atoms with van der Waals surface area (Å²) in [6, 6.07) is 1.99. The molecule has 8 heteroatoms. The average molecular weight is 249 g/mol. The molecule has 0 fully saturated rings. The summed E-state index contributed by atoms with van der Waals surface area (Å²) in [5.74, 6) is 0.103. The normalized spacial score (nSPS) is 12.0. The summed E-state index contributed by atoms with van der Waals surface area (Å²) in [4.78, 5) is 3.95. The predicted molar refractivity (Wildman–Crippen MR) is 64.3 cm³/mol. The first-order chi connectivity index (χ1) is 8.63.